The quantitative estimate of drug-likeness (QED) is 0.187. The smallest absolute Gasteiger partial charge is 0.299 e. The number of nitrogens with one attached hydrogen (secondary N) is 1. The molecule has 0 amide bonds. The van der Waals surface area contributed by atoms with Crippen molar-refractivity contribution in [1.29, 1.82) is 0 Å². The Kier molecular flexibility index (Phi) is 8.76. The fourth-order valence-electron chi connectivity index (χ4n) is 4.56. The highest BCUT2D eigenvalue weighted by molar-refractivity contribution is 5.73. The van der Waals surface area contributed by atoms with Crippen LogP contribution < -0.4 is 20.5 Å². The van der Waals surface area contributed by atoms with Crippen molar-refractivity contribution in [3.8, 4) is 11.5 Å². The van der Waals surface area contributed by atoms with Gasteiger partial charge in [-0.3, -0.25) is 10.1 Å². The number of aliphatic hydroxyl groups is 1. The van der Waals surface area contributed by atoms with E-state index in [1.54, 1.807) is 6.07 Å². The van der Waals surface area contributed by atoms with Crippen LogP contribution in [0.5, 0.6) is 11.5 Å². The van der Waals surface area contributed by atoms with Crippen molar-refractivity contribution in [1.82, 2.24) is 5.32 Å². The molecule has 0 saturated heterocycles. The molecule has 3 aromatic carbocycles. The summed E-state index contributed by atoms with van der Waals surface area (Å²) in [5.41, 5.74) is 8.87. The molecule has 0 saturated carbocycles. The van der Waals surface area contributed by atoms with E-state index < -0.39 is 11.0 Å². The van der Waals surface area contributed by atoms with Gasteiger partial charge in [0.1, 0.15) is 30.3 Å². The SMILES string of the molecule is Nc1c(OCC(O)CNCC(CCc2ccccc2)Oc2ccccc2)cc2c(c1[N+](=O)[O-])CCC2. The Morgan fingerprint density at radius 3 is 2.50 bits per heavy atom. The van der Waals surface area contributed by atoms with Crippen LogP contribution in [0.1, 0.15) is 29.5 Å². The molecule has 190 valence electrons. The summed E-state index contributed by atoms with van der Waals surface area (Å²) in [6.07, 6.45) is 3.07. The number of ether oxygens (including phenoxy) is 2. The molecule has 0 fully saturated rings. The minimum absolute atomic E-state index is 0.0260. The van der Waals surface area contributed by atoms with Crippen LogP contribution in [0.15, 0.2) is 66.7 Å². The number of rotatable bonds is 13. The molecule has 36 heavy (non-hydrogen) atoms. The summed E-state index contributed by atoms with van der Waals surface area (Å²) in [5.74, 6) is 1.06. The zero-order valence-corrected chi connectivity index (χ0v) is 20.3. The topological polar surface area (TPSA) is 120 Å². The molecule has 0 aliphatic heterocycles. The Morgan fingerprint density at radius 2 is 1.78 bits per heavy atom. The van der Waals surface area contributed by atoms with Gasteiger partial charge < -0.3 is 25.6 Å². The van der Waals surface area contributed by atoms with Gasteiger partial charge in [0.2, 0.25) is 0 Å². The van der Waals surface area contributed by atoms with Gasteiger partial charge >= 0.3 is 0 Å². The minimum Gasteiger partial charge on any atom is -0.489 e. The van der Waals surface area contributed by atoms with Crippen molar-refractivity contribution in [3.05, 3.63) is 93.5 Å². The van der Waals surface area contributed by atoms with E-state index in [4.69, 9.17) is 15.2 Å². The number of hydrogen-bond donors (Lipinski definition) is 3. The van der Waals surface area contributed by atoms with E-state index in [0.717, 1.165) is 37.0 Å². The van der Waals surface area contributed by atoms with E-state index in [1.807, 2.05) is 48.5 Å². The Bertz CT molecular complexity index is 1140. The monoisotopic (exact) mass is 491 g/mol. The van der Waals surface area contributed by atoms with Crippen molar-refractivity contribution in [2.24, 2.45) is 0 Å². The second-order valence-corrected chi connectivity index (χ2v) is 9.09. The molecule has 0 bridgehead atoms. The molecule has 8 nitrogen and oxygen atoms in total. The maximum Gasteiger partial charge on any atom is 0.299 e. The lowest BCUT2D eigenvalue weighted by atomic mass is 10.1. The van der Waals surface area contributed by atoms with Gasteiger partial charge in [-0.1, -0.05) is 48.5 Å². The first-order valence-corrected chi connectivity index (χ1v) is 12.4. The Balaban J connectivity index is 1.30. The average molecular weight is 492 g/mol. The molecule has 4 N–H and O–H groups in total. The highest BCUT2D eigenvalue weighted by atomic mass is 16.6. The maximum absolute atomic E-state index is 11.6. The molecule has 1 aliphatic rings. The van der Waals surface area contributed by atoms with Crippen molar-refractivity contribution < 1.29 is 19.5 Å². The molecule has 0 heterocycles. The zero-order valence-electron chi connectivity index (χ0n) is 20.3. The van der Waals surface area contributed by atoms with Gasteiger partial charge in [-0.25, -0.2) is 0 Å². The lowest BCUT2D eigenvalue weighted by molar-refractivity contribution is -0.384. The average Bonchev–Trinajstić information content (AvgIpc) is 3.34. The largest absolute Gasteiger partial charge is 0.489 e. The van der Waals surface area contributed by atoms with E-state index in [2.05, 4.69) is 17.4 Å². The summed E-state index contributed by atoms with van der Waals surface area (Å²) >= 11 is 0. The normalized spacial score (nSPS) is 14.1. The number of fused-ring (bicyclic) bond motifs is 1. The van der Waals surface area contributed by atoms with Crippen LogP contribution in [-0.4, -0.2) is 41.9 Å². The number of para-hydroxylation sites is 1. The zero-order chi connectivity index (χ0) is 25.3. The number of aliphatic hydroxyl groups excluding tert-OH is 1. The summed E-state index contributed by atoms with van der Waals surface area (Å²) < 4.78 is 11.9. The van der Waals surface area contributed by atoms with Crippen LogP contribution in [0.3, 0.4) is 0 Å². The summed E-state index contributed by atoms with van der Waals surface area (Å²) in [6.45, 7) is 0.805. The first-order chi connectivity index (χ1) is 17.5. The van der Waals surface area contributed by atoms with Crippen molar-refractivity contribution in [2.45, 2.75) is 44.3 Å². The number of hydrogen-bond acceptors (Lipinski definition) is 7. The van der Waals surface area contributed by atoms with Crippen LogP contribution in [0, 0.1) is 10.1 Å². The fourth-order valence-corrected chi connectivity index (χ4v) is 4.56. The number of nitrogens with zero attached hydrogens (tertiary/aromatic N) is 1. The molecule has 4 rings (SSSR count). The molecule has 2 unspecified atom stereocenters. The van der Waals surface area contributed by atoms with Crippen LogP contribution >= 0.6 is 0 Å². The number of nitrogens with two attached hydrogens (primary N) is 1. The molecule has 0 aromatic heterocycles. The number of aryl methyl sites for hydroxylation is 2. The first-order valence-electron chi connectivity index (χ1n) is 12.4. The third-order valence-corrected chi connectivity index (χ3v) is 6.38. The standard InChI is InChI=1S/C28H33N3O5/c29-27-26(16-21-10-7-13-25(21)28(27)31(33)34)35-19-22(32)17-30-18-24(36-23-11-5-2-6-12-23)15-14-20-8-3-1-4-9-20/h1-6,8-9,11-12,16,22,24,30,32H,7,10,13-15,17-19,29H2. The van der Waals surface area contributed by atoms with Gasteiger partial charge in [0.25, 0.3) is 5.69 Å². The molecular weight excluding hydrogens is 458 g/mol. The van der Waals surface area contributed by atoms with Crippen LogP contribution in [-0.2, 0) is 19.3 Å². The van der Waals surface area contributed by atoms with Gasteiger partial charge in [-0.05, 0) is 61.4 Å². The lowest BCUT2D eigenvalue weighted by Gasteiger charge is -2.21. The molecule has 8 heteroatoms. The molecule has 0 spiro atoms. The third kappa shape index (κ3) is 6.74. The molecule has 1 aliphatic carbocycles. The van der Waals surface area contributed by atoms with E-state index in [-0.39, 0.29) is 36.4 Å². The highest BCUT2D eigenvalue weighted by Crippen LogP contribution is 2.41. The van der Waals surface area contributed by atoms with E-state index >= 15 is 0 Å². The number of nitrogen functional groups attached to an aromatic ring is 1. The van der Waals surface area contributed by atoms with Crippen molar-refractivity contribution >= 4 is 11.4 Å². The number of nitro benzene ring substituents is 1. The Morgan fingerprint density at radius 1 is 1.06 bits per heavy atom. The Hall–Kier alpha value is -3.62. The number of anilines is 1. The van der Waals surface area contributed by atoms with Crippen molar-refractivity contribution in [3.63, 3.8) is 0 Å². The van der Waals surface area contributed by atoms with Gasteiger partial charge in [-0.2, -0.15) is 0 Å². The first kappa shape index (κ1) is 25.5. The second-order valence-electron chi connectivity index (χ2n) is 9.09. The van der Waals surface area contributed by atoms with E-state index in [0.29, 0.717) is 18.5 Å². The second kappa shape index (κ2) is 12.4. The lowest BCUT2D eigenvalue weighted by Crippen LogP contribution is -2.38. The summed E-state index contributed by atoms with van der Waals surface area (Å²) in [6, 6.07) is 21.7. The number of benzene rings is 3. The molecular formula is C28H33N3O5. The van der Waals surface area contributed by atoms with Gasteiger partial charge in [0.05, 0.1) is 4.92 Å². The van der Waals surface area contributed by atoms with Gasteiger partial charge in [-0.15, -0.1) is 0 Å². The predicted octanol–water partition coefficient (Wildman–Crippen LogP) is 4.08. The van der Waals surface area contributed by atoms with Crippen LogP contribution in [0.2, 0.25) is 0 Å². The predicted molar refractivity (Wildman–Crippen MR) is 140 cm³/mol. The van der Waals surface area contributed by atoms with Crippen molar-refractivity contribution in [2.75, 3.05) is 25.4 Å². The summed E-state index contributed by atoms with van der Waals surface area (Å²) in [7, 11) is 0. The molecule has 2 atom stereocenters. The van der Waals surface area contributed by atoms with Crippen LogP contribution in [0.25, 0.3) is 0 Å². The van der Waals surface area contributed by atoms with Gasteiger partial charge in [0, 0.05) is 18.7 Å². The van der Waals surface area contributed by atoms with Gasteiger partial charge in [0.15, 0.2) is 5.69 Å². The number of nitro groups is 1. The highest BCUT2D eigenvalue weighted by Gasteiger charge is 2.28. The van der Waals surface area contributed by atoms with E-state index in [9.17, 15) is 15.2 Å². The minimum atomic E-state index is -0.816. The summed E-state index contributed by atoms with van der Waals surface area (Å²) in [5, 5.41) is 25.3. The Labute approximate surface area is 211 Å². The molecule has 3 aromatic rings. The molecule has 0 radical (unpaired) electrons. The maximum atomic E-state index is 11.6. The summed E-state index contributed by atoms with van der Waals surface area (Å²) in [4.78, 5) is 11.1. The fraction of sp³-hybridized carbons (Fsp3) is 0.357. The van der Waals surface area contributed by atoms with Crippen LogP contribution in [0.4, 0.5) is 11.4 Å². The third-order valence-electron chi connectivity index (χ3n) is 6.38. The van der Waals surface area contributed by atoms with E-state index in [1.165, 1.54) is 5.56 Å².